The molecule has 2 aromatic heterocycles. The molecule has 0 unspecified atom stereocenters. The first-order chi connectivity index (χ1) is 5.86. The molecule has 0 aromatic carbocycles. The maximum Gasteiger partial charge on any atom is 0.250 e. The maximum absolute atomic E-state index is 5.48. The van der Waals surface area contributed by atoms with E-state index in [1.807, 2.05) is 0 Å². The standard InChI is InChI=1S/C7H7N5/c8-6-4-11-12(5-6)7-9-2-1-3-10-7/h1-5H,8H2. The van der Waals surface area contributed by atoms with Crippen LogP contribution in [0.4, 0.5) is 5.69 Å². The Hall–Kier alpha value is -1.91. The molecule has 0 saturated heterocycles. The molecule has 2 heterocycles. The van der Waals surface area contributed by atoms with Gasteiger partial charge in [-0.15, -0.1) is 0 Å². The third-order valence-corrected chi connectivity index (χ3v) is 1.36. The molecule has 0 aliphatic heterocycles. The highest BCUT2D eigenvalue weighted by atomic mass is 15.3. The van der Waals surface area contributed by atoms with Gasteiger partial charge in [-0.05, 0) is 6.07 Å². The minimum Gasteiger partial charge on any atom is -0.396 e. The van der Waals surface area contributed by atoms with Gasteiger partial charge < -0.3 is 5.73 Å². The molecular formula is C7H7N5. The summed E-state index contributed by atoms with van der Waals surface area (Å²) in [6, 6.07) is 1.75. The van der Waals surface area contributed by atoms with Gasteiger partial charge in [-0.3, -0.25) is 0 Å². The van der Waals surface area contributed by atoms with Crippen molar-refractivity contribution in [3.63, 3.8) is 0 Å². The van der Waals surface area contributed by atoms with E-state index in [4.69, 9.17) is 5.73 Å². The van der Waals surface area contributed by atoms with Gasteiger partial charge in [-0.2, -0.15) is 5.10 Å². The van der Waals surface area contributed by atoms with Gasteiger partial charge in [0.2, 0.25) is 5.95 Å². The lowest BCUT2D eigenvalue weighted by atomic mass is 10.6. The van der Waals surface area contributed by atoms with Crippen LogP contribution in [0.1, 0.15) is 0 Å². The van der Waals surface area contributed by atoms with E-state index in [0.717, 1.165) is 0 Å². The lowest BCUT2D eigenvalue weighted by molar-refractivity contribution is 0.808. The van der Waals surface area contributed by atoms with Crippen LogP contribution < -0.4 is 5.73 Å². The number of nitrogens with zero attached hydrogens (tertiary/aromatic N) is 4. The minimum atomic E-state index is 0.522. The molecule has 5 nitrogen and oxygen atoms in total. The number of rotatable bonds is 1. The summed E-state index contributed by atoms with van der Waals surface area (Å²) in [5.41, 5.74) is 6.08. The van der Waals surface area contributed by atoms with E-state index in [9.17, 15) is 0 Å². The Labute approximate surface area is 68.9 Å². The van der Waals surface area contributed by atoms with Crippen molar-refractivity contribution >= 4 is 5.69 Å². The van der Waals surface area contributed by atoms with Gasteiger partial charge in [-0.1, -0.05) is 0 Å². The molecule has 5 heteroatoms. The second kappa shape index (κ2) is 2.61. The zero-order chi connectivity index (χ0) is 8.39. The number of hydrogen-bond acceptors (Lipinski definition) is 4. The molecule has 0 fully saturated rings. The summed E-state index contributed by atoms with van der Waals surface area (Å²) in [7, 11) is 0. The average molecular weight is 161 g/mol. The number of aromatic nitrogens is 4. The topological polar surface area (TPSA) is 69.6 Å². The van der Waals surface area contributed by atoms with Crippen molar-refractivity contribution < 1.29 is 0 Å². The summed E-state index contributed by atoms with van der Waals surface area (Å²) in [6.45, 7) is 0. The summed E-state index contributed by atoms with van der Waals surface area (Å²) < 4.78 is 1.52. The van der Waals surface area contributed by atoms with Gasteiger partial charge >= 0.3 is 0 Å². The molecule has 60 valence electrons. The first kappa shape index (κ1) is 6.78. The van der Waals surface area contributed by atoms with Crippen molar-refractivity contribution in [2.24, 2.45) is 0 Å². The second-order valence-corrected chi connectivity index (χ2v) is 2.27. The molecular weight excluding hydrogens is 154 g/mol. The van der Waals surface area contributed by atoms with E-state index >= 15 is 0 Å². The first-order valence-corrected chi connectivity index (χ1v) is 3.44. The Bertz CT molecular complexity index is 366. The zero-order valence-corrected chi connectivity index (χ0v) is 6.25. The van der Waals surface area contributed by atoms with Crippen LogP contribution in [0.15, 0.2) is 30.9 Å². The van der Waals surface area contributed by atoms with E-state index in [2.05, 4.69) is 15.1 Å². The Morgan fingerprint density at radius 3 is 2.58 bits per heavy atom. The Morgan fingerprint density at radius 1 is 1.25 bits per heavy atom. The van der Waals surface area contributed by atoms with Gasteiger partial charge in [0.15, 0.2) is 0 Å². The summed E-state index contributed by atoms with van der Waals surface area (Å²) in [5.74, 6) is 0.522. The highest BCUT2D eigenvalue weighted by Crippen LogP contribution is 2.01. The van der Waals surface area contributed by atoms with Crippen molar-refractivity contribution in [1.29, 1.82) is 0 Å². The van der Waals surface area contributed by atoms with Crippen LogP contribution in [-0.2, 0) is 0 Å². The summed E-state index contributed by atoms with van der Waals surface area (Å²) in [4.78, 5) is 7.99. The Kier molecular flexibility index (Phi) is 1.48. The van der Waals surface area contributed by atoms with Gasteiger partial charge in [0.25, 0.3) is 0 Å². The van der Waals surface area contributed by atoms with Crippen LogP contribution in [0.2, 0.25) is 0 Å². The number of nitrogens with two attached hydrogens (primary N) is 1. The van der Waals surface area contributed by atoms with Crippen molar-refractivity contribution in [3.8, 4) is 5.95 Å². The molecule has 0 spiro atoms. The molecule has 0 aliphatic carbocycles. The smallest absolute Gasteiger partial charge is 0.250 e. The number of hydrogen-bond donors (Lipinski definition) is 1. The van der Waals surface area contributed by atoms with Crippen molar-refractivity contribution in [3.05, 3.63) is 30.9 Å². The molecule has 0 aliphatic rings. The van der Waals surface area contributed by atoms with Gasteiger partial charge in [0.05, 0.1) is 18.1 Å². The molecule has 2 rings (SSSR count). The molecule has 0 radical (unpaired) electrons. The molecule has 0 amide bonds. The second-order valence-electron chi connectivity index (χ2n) is 2.27. The van der Waals surface area contributed by atoms with Crippen LogP contribution in [0.3, 0.4) is 0 Å². The summed E-state index contributed by atoms with van der Waals surface area (Å²) >= 11 is 0. The lowest BCUT2D eigenvalue weighted by Gasteiger charge is -1.95. The highest BCUT2D eigenvalue weighted by Gasteiger charge is 1.98. The third kappa shape index (κ3) is 1.12. The van der Waals surface area contributed by atoms with Gasteiger partial charge in [-0.25, -0.2) is 14.6 Å². The summed E-state index contributed by atoms with van der Waals surface area (Å²) in [5, 5.41) is 3.95. The quantitative estimate of drug-likeness (QED) is 0.650. The monoisotopic (exact) mass is 161 g/mol. The molecule has 0 bridgehead atoms. The molecule has 2 N–H and O–H groups in total. The Balaban J connectivity index is 2.45. The SMILES string of the molecule is Nc1cnn(-c2ncccn2)c1. The fourth-order valence-corrected chi connectivity index (χ4v) is 0.856. The van der Waals surface area contributed by atoms with Crippen molar-refractivity contribution in [2.75, 3.05) is 5.73 Å². The van der Waals surface area contributed by atoms with Crippen LogP contribution >= 0.6 is 0 Å². The number of anilines is 1. The van der Waals surface area contributed by atoms with Gasteiger partial charge in [0.1, 0.15) is 0 Å². The third-order valence-electron chi connectivity index (χ3n) is 1.36. The fraction of sp³-hybridized carbons (Fsp3) is 0. The van der Waals surface area contributed by atoms with Crippen LogP contribution in [-0.4, -0.2) is 19.7 Å². The molecule has 2 aromatic rings. The van der Waals surface area contributed by atoms with Gasteiger partial charge in [0, 0.05) is 12.4 Å². The average Bonchev–Trinajstić information content (AvgIpc) is 2.54. The van der Waals surface area contributed by atoms with Crippen LogP contribution in [0.25, 0.3) is 5.95 Å². The van der Waals surface area contributed by atoms with E-state index in [-0.39, 0.29) is 0 Å². The predicted molar refractivity (Wildman–Crippen MR) is 43.6 cm³/mol. The lowest BCUT2D eigenvalue weighted by Crippen LogP contribution is -1.99. The normalized spacial score (nSPS) is 10.0. The zero-order valence-electron chi connectivity index (χ0n) is 6.25. The maximum atomic E-state index is 5.48. The number of nitrogen functional groups attached to an aromatic ring is 1. The minimum absolute atomic E-state index is 0.522. The van der Waals surface area contributed by atoms with E-state index in [1.165, 1.54) is 4.68 Å². The summed E-state index contributed by atoms with van der Waals surface area (Å²) in [6.07, 6.45) is 6.52. The van der Waals surface area contributed by atoms with Crippen LogP contribution in [0, 0.1) is 0 Å². The van der Waals surface area contributed by atoms with E-state index in [0.29, 0.717) is 11.6 Å². The molecule has 0 saturated carbocycles. The highest BCUT2D eigenvalue weighted by molar-refractivity contribution is 5.32. The Morgan fingerprint density at radius 2 is 2.00 bits per heavy atom. The van der Waals surface area contributed by atoms with Crippen molar-refractivity contribution in [1.82, 2.24) is 19.7 Å². The van der Waals surface area contributed by atoms with Crippen molar-refractivity contribution in [2.45, 2.75) is 0 Å². The predicted octanol–water partition coefficient (Wildman–Crippen LogP) is 0.245. The fourth-order valence-electron chi connectivity index (χ4n) is 0.856. The molecule has 12 heavy (non-hydrogen) atoms. The molecule has 0 atom stereocenters. The first-order valence-electron chi connectivity index (χ1n) is 3.44. The largest absolute Gasteiger partial charge is 0.396 e. The van der Waals surface area contributed by atoms with E-state index < -0.39 is 0 Å². The van der Waals surface area contributed by atoms with Crippen LogP contribution in [0.5, 0.6) is 0 Å². The van der Waals surface area contributed by atoms with E-state index in [1.54, 1.807) is 30.9 Å².